The van der Waals surface area contributed by atoms with Crippen LogP contribution in [0.5, 0.6) is 0 Å². The largest absolute Gasteiger partial charge is 0.454 e. The van der Waals surface area contributed by atoms with E-state index in [0.717, 1.165) is 28.9 Å². The molecule has 0 atom stereocenters. The summed E-state index contributed by atoms with van der Waals surface area (Å²) in [6.45, 7) is 0. The monoisotopic (exact) mass is 405 g/mol. The summed E-state index contributed by atoms with van der Waals surface area (Å²) < 4.78 is 9.20. The predicted molar refractivity (Wildman–Crippen MR) is 128 cm³/mol. The minimum Gasteiger partial charge on any atom is -0.454 e. The zero-order valence-corrected chi connectivity index (χ0v) is 18.0. The highest BCUT2D eigenvalue weighted by Gasteiger charge is 2.52. The second-order valence-electron chi connectivity index (χ2n) is 10.9. The molecule has 154 valence electrons. The maximum absolute atomic E-state index is 6.88. The van der Waals surface area contributed by atoms with Gasteiger partial charge in [-0.1, -0.05) is 42.5 Å². The highest BCUT2D eigenvalue weighted by atomic mass is 16.3. The van der Waals surface area contributed by atoms with Crippen LogP contribution in [0.4, 0.5) is 0 Å². The van der Waals surface area contributed by atoms with Gasteiger partial charge in [0.05, 0.1) is 5.52 Å². The first kappa shape index (κ1) is 16.9. The Bertz CT molecular complexity index is 1500. The average molecular weight is 406 g/mol. The second kappa shape index (κ2) is 5.54. The summed E-state index contributed by atoms with van der Waals surface area (Å²) in [6.07, 6.45) is 8.56. The molecule has 0 unspecified atom stereocenters. The molecule has 4 fully saturated rings. The van der Waals surface area contributed by atoms with E-state index >= 15 is 0 Å². The molecular weight excluding hydrogens is 378 g/mol. The molecule has 4 aliphatic rings. The van der Waals surface area contributed by atoms with Crippen LogP contribution in [0, 0.1) is 17.8 Å². The molecule has 0 N–H and O–H groups in total. The molecule has 4 bridgehead atoms. The number of aromatic nitrogens is 1. The lowest BCUT2D eigenvalue weighted by Crippen LogP contribution is -2.48. The zero-order valence-electron chi connectivity index (χ0n) is 18.0. The van der Waals surface area contributed by atoms with Crippen LogP contribution in [0.2, 0.25) is 0 Å². The van der Waals surface area contributed by atoms with Gasteiger partial charge in [0.15, 0.2) is 5.58 Å². The molecule has 4 aliphatic carbocycles. The quantitative estimate of drug-likeness (QED) is 0.279. The lowest BCUT2D eigenvalue weighted by Gasteiger charge is -2.57. The Morgan fingerprint density at radius 2 is 1.35 bits per heavy atom. The van der Waals surface area contributed by atoms with Crippen molar-refractivity contribution in [3.05, 3.63) is 60.2 Å². The van der Waals surface area contributed by atoms with Gasteiger partial charge in [-0.3, -0.25) is 0 Å². The van der Waals surface area contributed by atoms with Gasteiger partial charge in [0, 0.05) is 39.7 Å². The topological polar surface area (TPSA) is 18.1 Å². The SMILES string of the molecule is Cn1c2ccccc2c2ccc3c4cccc(C56CC7CC(CC(C7)C5)C6)c4oc3c21. The second-order valence-corrected chi connectivity index (χ2v) is 10.9. The fourth-order valence-corrected chi connectivity index (χ4v) is 8.37. The van der Waals surface area contributed by atoms with Crippen molar-refractivity contribution in [2.45, 2.75) is 43.9 Å². The van der Waals surface area contributed by atoms with Gasteiger partial charge >= 0.3 is 0 Å². The van der Waals surface area contributed by atoms with E-state index in [0.29, 0.717) is 5.41 Å². The molecule has 2 heterocycles. The van der Waals surface area contributed by atoms with Crippen molar-refractivity contribution in [2.24, 2.45) is 24.8 Å². The highest BCUT2D eigenvalue weighted by Crippen LogP contribution is 2.61. The summed E-state index contributed by atoms with van der Waals surface area (Å²) in [4.78, 5) is 0. The number of hydrogen-bond acceptors (Lipinski definition) is 1. The molecule has 0 radical (unpaired) electrons. The van der Waals surface area contributed by atoms with E-state index in [-0.39, 0.29) is 0 Å². The molecule has 0 saturated heterocycles. The first-order valence-electron chi connectivity index (χ1n) is 12.0. The van der Waals surface area contributed by atoms with E-state index < -0.39 is 0 Å². The standard InChI is InChI=1S/C29H27NO/c1-30-25-8-3-2-5-20(25)21-9-10-23-22-6-4-7-24(27(22)31-28(23)26(21)30)29-14-17-11-18(15-29)13-19(12-17)16-29/h2-10,17-19H,11-16H2,1H3. The van der Waals surface area contributed by atoms with E-state index in [1.807, 2.05) is 0 Å². The molecule has 0 spiro atoms. The van der Waals surface area contributed by atoms with E-state index in [9.17, 15) is 0 Å². The van der Waals surface area contributed by atoms with Crippen LogP contribution >= 0.6 is 0 Å². The lowest BCUT2D eigenvalue weighted by molar-refractivity contribution is -0.00485. The van der Waals surface area contributed by atoms with Gasteiger partial charge in [0.25, 0.3) is 0 Å². The van der Waals surface area contributed by atoms with Crippen molar-refractivity contribution in [3.63, 3.8) is 0 Å². The van der Waals surface area contributed by atoms with Crippen LogP contribution < -0.4 is 0 Å². The Balaban J connectivity index is 1.45. The Hall–Kier alpha value is -2.74. The number of aryl methyl sites for hydroxylation is 1. The average Bonchev–Trinajstić information content (AvgIpc) is 3.28. The lowest BCUT2D eigenvalue weighted by atomic mass is 9.48. The van der Waals surface area contributed by atoms with Crippen LogP contribution in [-0.2, 0) is 12.5 Å². The summed E-state index contributed by atoms with van der Waals surface area (Å²) in [5.41, 5.74) is 6.58. The maximum atomic E-state index is 6.88. The third-order valence-electron chi connectivity index (χ3n) is 9.14. The highest BCUT2D eigenvalue weighted by molar-refractivity contribution is 6.21. The fraction of sp³-hybridized carbons (Fsp3) is 0.379. The Labute approximate surface area is 181 Å². The van der Waals surface area contributed by atoms with Crippen molar-refractivity contribution in [1.82, 2.24) is 4.57 Å². The number of furan rings is 1. The Morgan fingerprint density at radius 1 is 0.710 bits per heavy atom. The molecular formula is C29H27NO. The third kappa shape index (κ3) is 2.04. The van der Waals surface area contributed by atoms with Gasteiger partial charge in [-0.2, -0.15) is 0 Å². The van der Waals surface area contributed by atoms with Crippen LogP contribution in [0.25, 0.3) is 43.7 Å². The van der Waals surface area contributed by atoms with Crippen LogP contribution in [-0.4, -0.2) is 4.57 Å². The molecule has 2 heteroatoms. The summed E-state index contributed by atoms with van der Waals surface area (Å²) in [5.74, 6) is 2.82. The van der Waals surface area contributed by atoms with Crippen LogP contribution in [0.1, 0.15) is 44.1 Å². The zero-order chi connectivity index (χ0) is 20.3. The first-order valence-corrected chi connectivity index (χ1v) is 12.0. The van der Waals surface area contributed by atoms with Crippen LogP contribution in [0.15, 0.2) is 59.0 Å². The molecule has 0 amide bonds. The number of fused-ring (bicyclic) bond motifs is 7. The van der Waals surface area contributed by atoms with Crippen molar-refractivity contribution in [3.8, 4) is 0 Å². The van der Waals surface area contributed by atoms with Gasteiger partial charge in [0.2, 0.25) is 0 Å². The number of rotatable bonds is 1. The fourth-order valence-electron chi connectivity index (χ4n) is 8.37. The van der Waals surface area contributed by atoms with Crippen molar-refractivity contribution >= 4 is 43.7 Å². The number of hydrogen-bond donors (Lipinski definition) is 0. The van der Waals surface area contributed by atoms with Gasteiger partial charge < -0.3 is 8.98 Å². The Morgan fingerprint density at radius 3 is 2.13 bits per heavy atom. The van der Waals surface area contributed by atoms with Crippen molar-refractivity contribution in [1.29, 1.82) is 0 Å². The molecule has 9 rings (SSSR count). The molecule has 0 aliphatic heterocycles. The van der Waals surface area contributed by atoms with E-state index in [1.54, 1.807) is 0 Å². The Kier molecular flexibility index (Phi) is 3.02. The first-order chi connectivity index (χ1) is 15.2. The van der Waals surface area contributed by atoms with E-state index in [2.05, 4.69) is 66.2 Å². The molecule has 3 aromatic carbocycles. The summed E-state index contributed by atoms with van der Waals surface area (Å²) in [5, 5.41) is 5.17. The van der Waals surface area contributed by atoms with Gasteiger partial charge in [-0.25, -0.2) is 0 Å². The maximum Gasteiger partial charge on any atom is 0.159 e. The smallest absolute Gasteiger partial charge is 0.159 e. The summed E-state index contributed by atoms with van der Waals surface area (Å²) >= 11 is 0. The summed E-state index contributed by atoms with van der Waals surface area (Å²) in [7, 11) is 2.18. The molecule has 2 nitrogen and oxygen atoms in total. The molecule has 31 heavy (non-hydrogen) atoms. The van der Waals surface area contributed by atoms with Gasteiger partial charge in [0.1, 0.15) is 5.58 Å². The molecule has 5 aromatic rings. The normalized spacial score (nSPS) is 29.8. The van der Waals surface area contributed by atoms with Gasteiger partial charge in [-0.15, -0.1) is 0 Å². The molecule has 2 aromatic heterocycles. The minimum absolute atomic E-state index is 0.347. The van der Waals surface area contributed by atoms with Gasteiger partial charge in [-0.05, 0) is 73.8 Å². The third-order valence-corrected chi connectivity index (χ3v) is 9.14. The number of para-hydroxylation sites is 2. The van der Waals surface area contributed by atoms with Crippen molar-refractivity contribution < 1.29 is 4.42 Å². The minimum atomic E-state index is 0.347. The van der Waals surface area contributed by atoms with Crippen molar-refractivity contribution in [2.75, 3.05) is 0 Å². The number of nitrogens with zero attached hydrogens (tertiary/aromatic N) is 1. The number of benzene rings is 3. The molecule has 4 saturated carbocycles. The van der Waals surface area contributed by atoms with E-state index in [1.165, 1.54) is 76.7 Å². The summed E-state index contributed by atoms with van der Waals surface area (Å²) in [6, 6.07) is 20.3. The van der Waals surface area contributed by atoms with E-state index in [4.69, 9.17) is 4.42 Å². The van der Waals surface area contributed by atoms with Crippen LogP contribution in [0.3, 0.4) is 0 Å². The predicted octanol–water partition coefficient (Wildman–Crippen LogP) is 7.70.